The summed E-state index contributed by atoms with van der Waals surface area (Å²) in [4.78, 5) is 0. The molecule has 0 fully saturated rings. The lowest BCUT2D eigenvalue weighted by Gasteiger charge is -2.15. The molecule has 0 saturated carbocycles. The summed E-state index contributed by atoms with van der Waals surface area (Å²) in [5.74, 6) is 5.77. The van der Waals surface area contributed by atoms with E-state index in [0.717, 1.165) is 5.56 Å². The highest BCUT2D eigenvalue weighted by molar-refractivity contribution is 5.21. The highest BCUT2D eigenvalue weighted by Gasteiger charge is 1.98. The Hall–Kier alpha value is -1.52. The maximum Gasteiger partial charge on any atom is 0.0586 e. The van der Waals surface area contributed by atoms with Gasteiger partial charge < -0.3 is 15.8 Å². The number of hydrogen-bond acceptors (Lipinski definition) is 4. The maximum absolute atomic E-state index is 8.69. The predicted octanol–water partition coefficient (Wildman–Crippen LogP) is 0.853. The highest BCUT2D eigenvalue weighted by atomic mass is 16.3. The number of nitrogens with zero attached hydrogens (tertiary/aromatic N) is 1. The first kappa shape index (κ1) is 12.5. The molecule has 0 aliphatic carbocycles. The minimum absolute atomic E-state index is 0.0424. The van der Waals surface area contributed by atoms with Gasteiger partial charge in [-0.25, -0.2) is 5.84 Å². The van der Waals surface area contributed by atoms with Crippen molar-refractivity contribution < 1.29 is 5.11 Å². The molecule has 0 heterocycles. The molecular weight excluding hydrogens is 202 g/mol. The lowest BCUT2D eigenvalue weighted by atomic mass is 10.1. The Kier molecular flexibility index (Phi) is 4.82. The fourth-order valence-corrected chi connectivity index (χ4v) is 1.36. The number of rotatable bonds is 5. The molecule has 16 heavy (non-hydrogen) atoms. The van der Waals surface area contributed by atoms with Gasteiger partial charge in [-0.3, -0.25) is 0 Å². The Labute approximate surface area is 96.1 Å². The van der Waals surface area contributed by atoms with Crippen molar-refractivity contribution in [2.24, 2.45) is 11.6 Å². The van der Waals surface area contributed by atoms with E-state index in [1.54, 1.807) is 6.20 Å². The minimum Gasteiger partial charge on any atom is -0.401 e. The van der Waals surface area contributed by atoms with E-state index < -0.39 is 0 Å². The number of aliphatic hydroxyl groups is 1. The summed E-state index contributed by atoms with van der Waals surface area (Å²) >= 11 is 0. The van der Waals surface area contributed by atoms with Gasteiger partial charge in [-0.2, -0.15) is 0 Å². The van der Waals surface area contributed by atoms with Gasteiger partial charge in [-0.05, 0) is 12.5 Å². The Morgan fingerprint density at radius 3 is 2.56 bits per heavy atom. The summed E-state index contributed by atoms with van der Waals surface area (Å²) in [6.45, 7) is 2.69. The van der Waals surface area contributed by atoms with Crippen LogP contribution in [0.15, 0.2) is 36.2 Å². The SMILES string of the molecule is Cc1ccc(CN(N)/C=C(\N)CCO)cc1. The molecule has 0 spiro atoms. The van der Waals surface area contributed by atoms with E-state index in [1.165, 1.54) is 10.6 Å². The molecule has 0 aliphatic rings. The van der Waals surface area contributed by atoms with Crippen molar-refractivity contribution >= 4 is 0 Å². The van der Waals surface area contributed by atoms with E-state index in [0.29, 0.717) is 18.7 Å². The Bertz CT molecular complexity index is 346. The number of benzene rings is 1. The summed E-state index contributed by atoms with van der Waals surface area (Å²) in [5, 5.41) is 10.2. The van der Waals surface area contributed by atoms with Gasteiger partial charge >= 0.3 is 0 Å². The van der Waals surface area contributed by atoms with Gasteiger partial charge in [0, 0.05) is 24.9 Å². The molecule has 1 aromatic rings. The van der Waals surface area contributed by atoms with Crippen LogP contribution in [-0.4, -0.2) is 16.7 Å². The van der Waals surface area contributed by atoms with Crippen molar-refractivity contribution in [1.29, 1.82) is 0 Å². The molecule has 5 N–H and O–H groups in total. The van der Waals surface area contributed by atoms with Gasteiger partial charge in [0.1, 0.15) is 0 Å². The van der Waals surface area contributed by atoms with Gasteiger partial charge in [0.15, 0.2) is 0 Å². The molecule has 0 saturated heterocycles. The third kappa shape index (κ3) is 4.33. The van der Waals surface area contributed by atoms with Crippen LogP contribution in [0, 0.1) is 6.92 Å². The van der Waals surface area contributed by atoms with E-state index in [9.17, 15) is 0 Å². The molecule has 4 heteroatoms. The van der Waals surface area contributed by atoms with Gasteiger partial charge in [0.25, 0.3) is 0 Å². The summed E-state index contributed by atoms with van der Waals surface area (Å²) < 4.78 is 0. The summed E-state index contributed by atoms with van der Waals surface area (Å²) in [6, 6.07) is 8.16. The molecule has 0 amide bonds. The molecule has 0 aromatic heterocycles. The van der Waals surface area contributed by atoms with Crippen LogP contribution in [-0.2, 0) is 6.54 Å². The van der Waals surface area contributed by atoms with Crippen molar-refractivity contribution in [2.75, 3.05) is 6.61 Å². The molecule has 0 radical (unpaired) electrons. The zero-order chi connectivity index (χ0) is 12.0. The first-order valence-corrected chi connectivity index (χ1v) is 5.25. The molecule has 88 valence electrons. The largest absolute Gasteiger partial charge is 0.401 e. The van der Waals surface area contributed by atoms with Crippen LogP contribution in [0.25, 0.3) is 0 Å². The van der Waals surface area contributed by atoms with Crippen molar-refractivity contribution in [2.45, 2.75) is 19.9 Å². The standard InChI is InChI=1S/C12H19N3O/c1-10-2-4-11(5-3-10)8-15(14)9-12(13)6-7-16/h2-5,9,16H,6-8,13-14H2,1H3/b12-9-. The van der Waals surface area contributed by atoms with Gasteiger partial charge in [0.05, 0.1) is 6.54 Å². The van der Waals surface area contributed by atoms with E-state index in [1.807, 2.05) is 31.2 Å². The first-order valence-electron chi connectivity index (χ1n) is 5.25. The number of aliphatic hydroxyl groups excluding tert-OH is 1. The van der Waals surface area contributed by atoms with Crippen LogP contribution in [0.4, 0.5) is 0 Å². The lowest BCUT2D eigenvalue weighted by Crippen LogP contribution is -2.26. The van der Waals surface area contributed by atoms with Crippen LogP contribution in [0.1, 0.15) is 17.5 Å². The molecular formula is C12H19N3O. The summed E-state index contributed by atoms with van der Waals surface area (Å²) in [7, 11) is 0. The fourth-order valence-electron chi connectivity index (χ4n) is 1.36. The van der Waals surface area contributed by atoms with Gasteiger partial charge in [-0.1, -0.05) is 29.8 Å². The van der Waals surface area contributed by atoms with Crippen LogP contribution in [0.2, 0.25) is 0 Å². The van der Waals surface area contributed by atoms with Crippen molar-refractivity contribution in [3.63, 3.8) is 0 Å². The zero-order valence-electron chi connectivity index (χ0n) is 9.56. The molecule has 0 unspecified atom stereocenters. The Morgan fingerprint density at radius 2 is 2.00 bits per heavy atom. The van der Waals surface area contributed by atoms with E-state index in [2.05, 4.69) is 0 Å². The number of hydrogen-bond donors (Lipinski definition) is 3. The summed E-state index contributed by atoms with van der Waals surface area (Å²) in [5.41, 5.74) is 8.57. The van der Waals surface area contributed by atoms with Crippen LogP contribution >= 0.6 is 0 Å². The highest BCUT2D eigenvalue weighted by Crippen LogP contribution is 2.05. The second kappa shape index (κ2) is 6.15. The van der Waals surface area contributed by atoms with Gasteiger partial charge in [-0.15, -0.1) is 0 Å². The fraction of sp³-hybridized carbons (Fsp3) is 0.333. The van der Waals surface area contributed by atoms with E-state index in [-0.39, 0.29) is 6.61 Å². The Morgan fingerprint density at radius 1 is 1.38 bits per heavy atom. The molecule has 1 rings (SSSR count). The Balaban J connectivity index is 2.54. The normalized spacial score (nSPS) is 11.6. The molecule has 1 aromatic carbocycles. The quantitative estimate of drug-likeness (QED) is 0.509. The zero-order valence-corrected chi connectivity index (χ0v) is 9.56. The van der Waals surface area contributed by atoms with Crippen molar-refractivity contribution in [3.8, 4) is 0 Å². The smallest absolute Gasteiger partial charge is 0.0586 e. The van der Waals surface area contributed by atoms with Crippen LogP contribution in [0.3, 0.4) is 0 Å². The first-order chi connectivity index (χ1) is 7.61. The average molecular weight is 221 g/mol. The monoisotopic (exact) mass is 221 g/mol. The van der Waals surface area contributed by atoms with Crippen molar-refractivity contribution in [1.82, 2.24) is 5.01 Å². The van der Waals surface area contributed by atoms with E-state index >= 15 is 0 Å². The maximum atomic E-state index is 8.69. The van der Waals surface area contributed by atoms with Gasteiger partial charge in [0.2, 0.25) is 0 Å². The third-order valence-electron chi connectivity index (χ3n) is 2.22. The third-order valence-corrected chi connectivity index (χ3v) is 2.22. The minimum atomic E-state index is 0.0424. The molecule has 0 bridgehead atoms. The number of hydrazine groups is 1. The predicted molar refractivity (Wildman–Crippen MR) is 64.9 cm³/mol. The number of nitrogens with two attached hydrogens (primary N) is 2. The van der Waals surface area contributed by atoms with E-state index in [4.69, 9.17) is 16.7 Å². The molecule has 4 nitrogen and oxygen atoms in total. The second-order valence-corrected chi connectivity index (χ2v) is 3.84. The average Bonchev–Trinajstić information content (AvgIpc) is 2.21. The second-order valence-electron chi connectivity index (χ2n) is 3.84. The lowest BCUT2D eigenvalue weighted by molar-refractivity contribution is 0.296. The number of aryl methyl sites for hydroxylation is 1. The molecule has 0 aliphatic heterocycles. The van der Waals surface area contributed by atoms with Crippen molar-refractivity contribution in [3.05, 3.63) is 47.3 Å². The summed E-state index contributed by atoms with van der Waals surface area (Å²) in [6.07, 6.45) is 2.09. The topological polar surface area (TPSA) is 75.5 Å². The molecule has 0 atom stereocenters. The van der Waals surface area contributed by atoms with Crippen LogP contribution < -0.4 is 11.6 Å². The van der Waals surface area contributed by atoms with Crippen LogP contribution in [0.5, 0.6) is 0 Å².